The van der Waals surface area contributed by atoms with E-state index < -0.39 is 0 Å². The van der Waals surface area contributed by atoms with Gasteiger partial charge in [-0.2, -0.15) is 0 Å². The van der Waals surface area contributed by atoms with Crippen LogP contribution >= 0.6 is 0 Å². The Morgan fingerprint density at radius 2 is 2.05 bits per heavy atom. The standard InChI is InChI=1S/C15H21N3O/c19-15(17-12-7-1-2-8-12)18-13-9-3-5-11-6-4-10-16-14(11)13/h3,5,9,12,16H,1-2,4,6-8,10H2,(H2,17,18,19). The Hall–Kier alpha value is -1.71. The number of benzene rings is 1. The minimum absolute atomic E-state index is 0.0762. The zero-order chi connectivity index (χ0) is 13.1. The zero-order valence-electron chi connectivity index (χ0n) is 11.2. The zero-order valence-corrected chi connectivity index (χ0v) is 11.2. The second-order valence-corrected chi connectivity index (χ2v) is 5.45. The van der Waals surface area contributed by atoms with Crippen molar-refractivity contribution in [3.63, 3.8) is 0 Å². The summed E-state index contributed by atoms with van der Waals surface area (Å²) in [7, 11) is 0. The highest BCUT2D eigenvalue weighted by Gasteiger charge is 2.18. The predicted molar refractivity (Wildman–Crippen MR) is 77.7 cm³/mol. The van der Waals surface area contributed by atoms with E-state index in [9.17, 15) is 4.79 Å². The summed E-state index contributed by atoms with van der Waals surface area (Å²) in [5, 5.41) is 9.43. The third kappa shape index (κ3) is 2.83. The van der Waals surface area contributed by atoms with Gasteiger partial charge < -0.3 is 16.0 Å². The Labute approximate surface area is 114 Å². The fraction of sp³-hybridized carbons (Fsp3) is 0.533. The first-order valence-corrected chi connectivity index (χ1v) is 7.26. The van der Waals surface area contributed by atoms with E-state index in [0.717, 1.165) is 43.6 Å². The molecule has 1 heterocycles. The van der Waals surface area contributed by atoms with Crippen LogP contribution < -0.4 is 16.0 Å². The van der Waals surface area contributed by atoms with E-state index in [1.807, 2.05) is 12.1 Å². The van der Waals surface area contributed by atoms with Crippen LogP contribution in [-0.2, 0) is 6.42 Å². The monoisotopic (exact) mass is 259 g/mol. The van der Waals surface area contributed by atoms with Gasteiger partial charge in [-0.15, -0.1) is 0 Å². The summed E-state index contributed by atoms with van der Waals surface area (Å²) in [4.78, 5) is 12.0. The van der Waals surface area contributed by atoms with Crippen molar-refractivity contribution in [2.24, 2.45) is 0 Å². The first kappa shape index (κ1) is 12.3. The van der Waals surface area contributed by atoms with Crippen molar-refractivity contribution in [2.75, 3.05) is 17.2 Å². The average Bonchev–Trinajstić information content (AvgIpc) is 2.92. The predicted octanol–water partition coefficient (Wildman–Crippen LogP) is 3.11. The maximum Gasteiger partial charge on any atom is 0.319 e. The number of para-hydroxylation sites is 1. The maximum absolute atomic E-state index is 12.0. The van der Waals surface area contributed by atoms with Gasteiger partial charge in [0.15, 0.2) is 0 Å². The van der Waals surface area contributed by atoms with E-state index in [4.69, 9.17) is 0 Å². The number of fused-ring (bicyclic) bond motifs is 1. The van der Waals surface area contributed by atoms with Crippen LogP contribution in [0.5, 0.6) is 0 Å². The van der Waals surface area contributed by atoms with E-state index in [1.54, 1.807) is 0 Å². The molecule has 4 nitrogen and oxygen atoms in total. The van der Waals surface area contributed by atoms with Gasteiger partial charge in [0.1, 0.15) is 0 Å². The van der Waals surface area contributed by atoms with Crippen molar-refractivity contribution in [3.05, 3.63) is 23.8 Å². The van der Waals surface area contributed by atoms with Gasteiger partial charge in [0, 0.05) is 12.6 Å². The van der Waals surface area contributed by atoms with Crippen molar-refractivity contribution >= 4 is 17.4 Å². The van der Waals surface area contributed by atoms with Crippen LogP contribution in [0.1, 0.15) is 37.7 Å². The van der Waals surface area contributed by atoms with E-state index in [1.165, 1.54) is 18.4 Å². The molecule has 2 amide bonds. The molecule has 1 aliphatic carbocycles. The summed E-state index contributed by atoms with van der Waals surface area (Å²) in [6, 6.07) is 6.38. The van der Waals surface area contributed by atoms with Crippen LogP contribution in [0.15, 0.2) is 18.2 Å². The van der Waals surface area contributed by atoms with Gasteiger partial charge in [-0.3, -0.25) is 0 Å². The van der Waals surface area contributed by atoms with Crippen molar-refractivity contribution < 1.29 is 4.79 Å². The minimum atomic E-state index is -0.0762. The van der Waals surface area contributed by atoms with Crippen LogP contribution in [0.25, 0.3) is 0 Å². The quantitative estimate of drug-likeness (QED) is 0.764. The normalized spacial score (nSPS) is 18.5. The van der Waals surface area contributed by atoms with Gasteiger partial charge in [0.05, 0.1) is 11.4 Å². The molecule has 2 aliphatic rings. The smallest absolute Gasteiger partial charge is 0.319 e. The molecule has 19 heavy (non-hydrogen) atoms. The first-order valence-electron chi connectivity index (χ1n) is 7.26. The van der Waals surface area contributed by atoms with Gasteiger partial charge in [-0.05, 0) is 37.3 Å². The minimum Gasteiger partial charge on any atom is -0.383 e. The summed E-state index contributed by atoms with van der Waals surface area (Å²) in [5.74, 6) is 0. The number of carbonyl (C=O) groups is 1. The second-order valence-electron chi connectivity index (χ2n) is 5.45. The largest absolute Gasteiger partial charge is 0.383 e. The molecule has 0 radical (unpaired) electrons. The van der Waals surface area contributed by atoms with Gasteiger partial charge in [-0.25, -0.2) is 4.79 Å². The van der Waals surface area contributed by atoms with Crippen LogP contribution in [0.4, 0.5) is 16.2 Å². The first-order chi connectivity index (χ1) is 9.33. The third-order valence-corrected chi connectivity index (χ3v) is 4.01. The molecule has 1 aromatic carbocycles. The molecule has 0 bridgehead atoms. The SMILES string of the molecule is O=C(Nc1cccc2c1NCCC2)NC1CCCC1. The molecule has 1 aliphatic heterocycles. The van der Waals surface area contributed by atoms with Crippen molar-refractivity contribution in [1.82, 2.24) is 5.32 Å². The molecule has 0 aromatic heterocycles. The number of amides is 2. The van der Waals surface area contributed by atoms with Crippen LogP contribution in [0.3, 0.4) is 0 Å². The highest BCUT2D eigenvalue weighted by Crippen LogP contribution is 2.30. The molecular weight excluding hydrogens is 238 g/mol. The Morgan fingerprint density at radius 1 is 1.21 bits per heavy atom. The van der Waals surface area contributed by atoms with E-state index in [0.29, 0.717) is 6.04 Å². The Bertz CT molecular complexity index is 466. The van der Waals surface area contributed by atoms with Gasteiger partial charge >= 0.3 is 6.03 Å². The lowest BCUT2D eigenvalue weighted by Crippen LogP contribution is -2.36. The van der Waals surface area contributed by atoms with Gasteiger partial charge in [-0.1, -0.05) is 25.0 Å². The summed E-state index contributed by atoms with van der Waals surface area (Å²) >= 11 is 0. The maximum atomic E-state index is 12.0. The van der Waals surface area contributed by atoms with Crippen LogP contribution in [0.2, 0.25) is 0 Å². The van der Waals surface area contributed by atoms with E-state index in [2.05, 4.69) is 22.0 Å². The fourth-order valence-electron chi connectivity index (χ4n) is 3.03. The number of aryl methyl sites for hydroxylation is 1. The van der Waals surface area contributed by atoms with Gasteiger partial charge in [0.25, 0.3) is 0 Å². The molecule has 1 aromatic rings. The Kier molecular flexibility index (Phi) is 3.58. The number of urea groups is 1. The van der Waals surface area contributed by atoms with Crippen LogP contribution in [-0.4, -0.2) is 18.6 Å². The van der Waals surface area contributed by atoms with Crippen molar-refractivity contribution in [1.29, 1.82) is 0 Å². The third-order valence-electron chi connectivity index (χ3n) is 4.01. The molecule has 102 valence electrons. The number of anilines is 2. The summed E-state index contributed by atoms with van der Waals surface area (Å²) in [6.45, 7) is 0.982. The molecule has 0 unspecified atom stereocenters. The lowest BCUT2D eigenvalue weighted by molar-refractivity contribution is 0.248. The number of hydrogen-bond acceptors (Lipinski definition) is 2. The highest BCUT2D eigenvalue weighted by molar-refractivity contribution is 5.94. The summed E-state index contributed by atoms with van der Waals surface area (Å²) < 4.78 is 0. The number of rotatable bonds is 2. The molecule has 0 atom stereocenters. The van der Waals surface area contributed by atoms with Crippen LogP contribution in [0, 0.1) is 0 Å². The number of carbonyl (C=O) groups excluding carboxylic acids is 1. The second kappa shape index (κ2) is 5.51. The van der Waals surface area contributed by atoms with Crippen molar-refractivity contribution in [3.8, 4) is 0 Å². The Morgan fingerprint density at radius 3 is 2.89 bits per heavy atom. The summed E-state index contributed by atoms with van der Waals surface area (Å²) in [5.41, 5.74) is 3.29. The molecule has 0 spiro atoms. The highest BCUT2D eigenvalue weighted by atomic mass is 16.2. The molecule has 1 saturated carbocycles. The van der Waals surface area contributed by atoms with E-state index >= 15 is 0 Å². The topological polar surface area (TPSA) is 53.2 Å². The molecule has 0 saturated heterocycles. The molecular formula is C15H21N3O. The molecule has 1 fully saturated rings. The number of hydrogen-bond donors (Lipinski definition) is 3. The lowest BCUT2D eigenvalue weighted by atomic mass is 10.0. The molecule has 4 heteroatoms. The number of nitrogens with one attached hydrogen (secondary N) is 3. The van der Waals surface area contributed by atoms with Gasteiger partial charge in [0.2, 0.25) is 0 Å². The van der Waals surface area contributed by atoms with Crippen molar-refractivity contribution in [2.45, 2.75) is 44.6 Å². The molecule has 3 rings (SSSR count). The fourth-order valence-corrected chi connectivity index (χ4v) is 3.03. The lowest BCUT2D eigenvalue weighted by Gasteiger charge is -2.22. The Balaban J connectivity index is 1.67. The van der Waals surface area contributed by atoms with E-state index in [-0.39, 0.29) is 6.03 Å². The average molecular weight is 259 g/mol. The molecule has 3 N–H and O–H groups in total. The summed E-state index contributed by atoms with van der Waals surface area (Å²) in [6.07, 6.45) is 6.92.